The van der Waals surface area contributed by atoms with Crippen LogP contribution in [0.15, 0.2) is 30.6 Å². The molecule has 0 saturated carbocycles. The topological polar surface area (TPSA) is 143 Å². The van der Waals surface area contributed by atoms with E-state index in [1.165, 1.54) is 4.90 Å². The molecule has 2 bridgehead atoms. The number of nitrogens with zero attached hydrogens (tertiary/aromatic N) is 4. The van der Waals surface area contributed by atoms with Crippen molar-refractivity contribution in [2.75, 3.05) is 33.4 Å². The van der Waals surface area contributed by atoms with Gasteiger partial charge in [0.15, 0.2) is 17.2 Å². The summed E-state index contributed by atoms with van der Waals surface area (Å²) in [5, 5.41) is 13.0. The molecule has 3 aromatic rings. The fourth-order valence-corrected chi connectivity index (χ4v) is 5.18. The monoisotopic (exact) mass is 549 g/mol. The second-order valence-corrected chi connectivity index (χ2v) is 10.3. The molecule has 0 saturated heterocycles. The zero-order chi connectivity index (χ0) is 28.2. The van der Waals surface area contributed by atoms with Gasteiger partial charge in [-0.1, -0.05) is 13.8 Å². The van der Waals surface area contributed by atoms with Crippen LogP contribution in [-0.4, -0.2) is 81.8 Å². The lowest BCUT2D eigenvalue weighted by molar-refractivity contribution is -0.130. The number of aromatic amines is 1. The molecule has 212 valence electrons. The van der Waals surface area contributed by atoms with Gasteiger partial charge in [-0.25, -0.2) is 4.98 Å². The highest BCUT2D eigenvalue weighted by atomic mass is 16.5. The molecule has 40 heavy (non-hydrogen) atoms. The fraction of sp³-hybridized carbons (Fsp3) is 0.464. The Bertz CT molecular complexity index is 1400. The van der Waals surface area contributed by atoms with Crippen LogP contribution in [0.25, 0.3) is 11.4 Å². The van der Waals surface area contributed by atoms with Gasteiger partial charge in [0.1, 0.15) is 25.0 Å². The minimum absolute atomic E-state index is 0.105. The SMILES string of the molecule is COc1ccc2cc1OCCN(C(=O)c1n[nH]c3c1CCC3)CC(=O)N[C@H](C(C)C)C(=O)NCCn1ccnc1-2. The number of nitrogens with one attached hydrogen (secondary N) is 3. The van der Waals surface area contributed by atoms with E-state index in [2.05, 4.69) is 25.8 Å². The van der Waals surface area contributed by atoms with Crippen molar-refractivity contribution < 1.29 is 23.9 Å². The molecule has 0 fully saturated rings. The lowest BCUT2D eigenvalue weighted by atomic mass is 10.0. The van der Waals surface area contributed by atoms with Crippen LogP contribution < -0.4 is 20.1 Å². The Labute approximate surface area is 232 Å². The van der Waals surface area contributed by atoms with Crippen LogP contribution >= 0.6 is 0 Å². The Kier molecular flexibility index (Phi) is 8.04. The van der Waals surface area contributed by atoms with Crippen molar-refractivity contribution in [3.8, 4) is 22.9 Å². The van der Waals surface area contributed by atoms with Gasteiger partial charge in [0.25, 0.3) is 5.91 Å². The summed E-state index contributed by atoms with van der Waals surface area (Å²) in [6.45, 7) is 4.54. The number of carbonyl (C=O) groups excluding carboxylic acids is 3. The van der Waals surface area contributed by atoms with Gasteiger partial charge in [-0.15, -0.1) is 0 Å². The fourth-order valence-electron chi connectivity index (χ4n) is 5.18. The van der Waals surface area contributed by atoms with Gasteiger partial charge in [-0.3, -0.25) is 19.5 Å². The number of hydrogen-bond acceptors (Lipinski definition) is 7. The zero-order valence-corrected chi connectivity index (χ0v) is 23.0. The number of H-pyrrole nitrogens is 1. The van der Waals surface area contributed by atoms with Gasteiger partial charge in [0.2, 0.25) is 11.8 Å². The number of aryl methyl sites for hydroxylation is 1. The second-order valence-electron chi connectivity index (χ2n) is 10.3. The number of methoxy groups -OCH3 is 1. The van der Waals surface area contributed by atoms with Gasteiger partial charge in [0, 0.05) is 42.3 Å². The second kappa shape index (κ2) is 11.8. The number of amides is 3. The third-order valence-electron chi connectivity index (χ3n) is 7.30. The average Bonchev–Trinajstić information content (AvgIpc) is 3.68. The Morgan fingerprint density at radius 2 is 2.05 bits per heavy atom. The first-order valence-electron chi connectivity index (χ1n) is 13.6. The standard InChI is InChI=1S/C28H35N7O5/c1-17(2)24-27(37)30-10-12-34-11-9-29-26(34)18-7-8-21(39-3)22(15-18)40-14-13-35(16-23(36)31-24)28(38)25-19-5-4-6-20(19)32-33-25/h7-9,11,15,17,24H,4-6,10,12-14,16H2,1-3H3,(H,30,37)(H,31,36)(H,32,33)/t24-/m1/s1. The molecule has 0 unspecified atom stereocenters. The predicted molar refractivity (Wildman–Crippen MR) is 146 cm³/mol. The van der Waals surface area contributed by atoms with Crippen LogP contribution in [-0.2, 0) is 29.0 Å². The molecule has 12 nitrogen and oxygen atoms in total. The van der Waals surface area contributed by atoms with Gasteiger partial charge < -0.3 is 29.6 Å². The normalized spacial score (nSPS) is 18.3. The molecule has 1 atom stereocenters. The third kappa shape index (κ3) is 5.65. The summed E-state index contributed by atoms with van der Waals surface area (Å²) in [5.74, 6) is 0.499. The van der Waals surface area contributed by atoms with E-state index in [-0.39, 0.29) is 37.4 Å². The minimum Gasteiger partial charge on any atom is -0.493 e. The number of fused-ring (bicyclic) bond motifs is 5. The minimum atomic E-state index is -0.757. The molecular weight excluding hydrogens is 514 g/mol. The van der Waals surface area contributed by atoms with Crippen molar-refractivity contribution in [1.82, 2.24) is 35.3 Å². The molecule has 1 aromatic carbocycles. The van der Waals surface area contributed by atoms with Crippen molar-refractivity contribution in [3.63, 3.8) is 0 Å². The Balaban J connectivity index is 1.46. The molecule has 3 amide bonds. The number of aromatic nitrogens is 4. The lowest BCUT2D eigenvalue weighted by Gasteiger charge is -2.25. The summed E-state index contributed by atoms with van der Waals surface area (Å²) < 4.78 is 13.6. The molecule has 0 radical (unpaired) electrons. The van der Waals surface area contributed by atoms with E-state index in [1.807, 2.05) is 36.7 Å². The van der Waals surface area contributed by atoms with Gasteiger partial charge in [-0.2, -0.15) is 5.10 Å². The first kappa shape index (κ1) is 27.2. The van der Waals surface area contributed by atoms with Gasteiger partial charge in [-0.05, 0) is 43.4 Å². The van der Waals surface area contributed by atoms with E-state index in [0.29, 0.717) is 36.1 Å². The number of rotatable bonds is 3. The number of benzene rings is 1. The highest BCUT2D eigenvalue weighted by molar-refractivity contribution is 5.97. The van der Waals surface area contributed by atoms with Crippen molar-refractivity contribution in [2.24, 2.45) is 5.92 Å². The molecule has 1 aliphatic heterocycles. The van der Waals surface area contributed by atoms with Crippen molar-refractivity contribution in [2.45, 2.75) is 45.7 Å². The van der Waals surface area contributed by atoms with E-state index in [4.69, 9.17) is 9.47 Å². The van der Waals surface area contributed by atoms with Crippen LogP contribution in [0, 0.1) is 5.92 Å². The highest BCUT2D eigenvalue weighted by Gasteiger charge is 2.30. The van der Waals surface area contributed by atoms with Gasteiger partial charge >= 0.3 is 0 Å². The summed E-state index contributed by atoms with van der Waals surface area (Å²) in [6.07, 6.45) is 6.11. The summed E-state index contributed by atoms with van der Waals surface area (Å²) in [7, 11) is 1.56. The Morgan fingerprint density at radius 1 is 1.20 bits per heavy atom. The average molecular weight is 550 g/mol. The summed E-state index contributed by atoms with van der Waals surface area (Å²) in [4.78, 5) is 45.8. The Hall–Kier alpha value is -4.35. The van der Waals surface area contributed by atoms with Crippen molar-refractivity contribution >= 4 is 17.7 Å². The number of ether oxygens (including phenoxy) is 2. The van der Waals surface area contributed by atoms with Crippen molar-refractivity contribution in [1.29, 1.82) is 0 Å². The first-order valence-corrected chi connectivity index (χ1v) is 13.6. The van der Waals surface area contributed by atoms with Crippen molar-refractivity contribution in [3.05, 3.63) is 47.5 Å². The van der Waals surface area contributed by atoms with Crippen LogP contribution in [0.3, 0.4) is 0 Å². The maximum Gasteiger partial charge on any atom is 0.275 e. The smallest absolute Gasteiger partial charge is 0.275 e. The molecule has 3 N–H and O–H groups in total. The van der Waals surface area contributed by atoms with E-state index in [1.54, 1.807) is 19.4 Å². The third-order valence-corrected chi connectivity index (χ3v) is 7.30. The van der Waals surface area contributed by atoms with E-state index in [0.717, 1.165) is 36.1 Å². The van der Waals surface area contributed by atoms with Crippen LogP contribution in [0.4, 0.5) is 0 Å². The predicted octanol–water partition coefficient (Wildman–Crippen LogP) is 1.56. The first-order chi connectivity index (χ1) is 19.4. The molecule has 12 heteroatoms. The quantitative estimate of drug-likeness (QED) is 0.450. The maximum atomic E-state index is 13.6. The Morgan fingerprint density at radius 3 is 2.85 bits per heavy atom. The number of carbonyl (C=O) groups is 3. The molecule has 2 aliphatic rings. The molecular formula is C28H35N7O5. The van der Waals surface area contributed by atoms with E-state index >= 15 is 0 Å². The molecule has 0 spiro atoms. The molecule has 2 aromatic heterocycles. The van der Waals surface area contributed by atoms with Crippen LogP contribution in [0.1, 0.15) is 42.0 Å². The van der Waals surface area contributed by atoms with Crippen LogP contribution in [0.5, 0.6) is 11.5 Å². The van der Waals surface area contributed by atoms with E-state index < -0.39 is 11.9 Å². The highest BCUT2D eigenvalue weighted by Crippen LogP contribution is 2.32. The largest absolute Gasteiger partial charge is 0.493 e. The van der Waals surface area contributed by atoms with E-state index in [9.17, 15) is 14.4 Å². The molecule has 5 rings (SSSR count). The maximum absolute atomic E-state index is 13.6. The number of imidazole rings is 1. The molecule has 3 heterocycles. The molecule has 1 aliphatic carbocycles. The van der Waals surface area contributed by atoms with Crippen LogP contribution in [0.2, 0.25) is 0 Å². The summed E-state index contributed by atoms with van der Waals surface area (Å²) >= 11 is 0. The lowest BCUT2D eigenvalue weighted by Crippen LogP contribution is -2.53. The summed E-state index contributed by atoms with van der Waals surface area (Å²) in [6, 6.07) is 4.77. The number of hydrogen-bond donors (Lipinski definition) is 3. The van der Waals surface area contributed by atoms with Gasteiger partial charge in [0.05, 0.1) is 13.7 Å². The summed E-state index contributed by atoms with van der Waals surface area (Å²) in [5.41, 5.74) is 3.01. The zero-order valence-electron chi connectivity index (χ0n) is 23.0.